The van der Waals surface area contributed by atoms with Crippen molar-refractivity contribution in [1.82, 2.24) is 0 Å². The molecule has 0 aliphatic heterocycles. The zero-order chi connectivity index (χ0) is 14.6. The molecule has 1 aromatic carbocycles. The molecule has 0 aliphatic rings. The van der Waals surface area contributed by atoms with Gasteiger partial charge in [0.25, 0.3) is 0 Å². The van der Waals surface area contributed by atoms with Crippen LogP contribution >= 0.6 is 50.9 Å². The number of hydrogen-bond acceptors (Lipinski definition) is 1. The fraction of sp³-hybridized carbons (Fsp3) is 0.500. The molecule has 0 radical (unpaired) electrons. The lowest BCUT2D eigenvalue weighted by atomic mass is 10.0. The third-order valence-electron chi connectivity index (χ3n) is 1.59. The number of halogens is 2. The minimum absolute atomic E-state index is 0.153. The van der Waals surface area contributed by atoms with Crippen LogP contribution in [0.2, 0.25) is 0 Å². The molecule has 0 saturated carbocycles. The Balaban J connectivity index is 0. The van der Waals surface area contributed by atoms with E-state index in [-0.39, 0.29) is 5.41 Å². The van der Waals surface area contributed by atoms with Crippen LogP contribution in [0.25, 0.3) is 0 Å². The minimum Gasteiger partial charge on any atom is -0.198 e. The largest absolute Gasteiger partial charge is 0.198 e. The van der Waals surface area contributed by atoms with Crippen LogP contribution in [0.1, 0.15) is 37.2 Å². The first-order valence-electron chi connectivity index (χ1n) is 5.66. The van der Waals surface area contributed by atoms with Crippen LogP contribution in [-0.4, -0.2) is 6.66 Å². The van der Waals surface area contributed by atoms with E-state index in [2.05, 4.69) is 88.6 Å². The maximum Gasteiger partial charge on any atom is 0.0680 e. The van der Waals surface area contributed by atoms with Crippen molar-refractivity contribution in [2.24, 2.45) is 5.41 Å². The van der Waals surface area contributed by atoms with Crippen LogP contribution in [-0.2, 0) is 0 Å². The van der Waals surface area contributed by atoms with Crippen molar-refractivity contribution in [1.29, 1.82) is 5.26 Å². The van der Waals surface area contributed by atoms with Gasteiger partial charge in [-0.1, -0.05) is 81.2 Å². The fourth-order valence-electron chi connectivity index (χ4n) is 0.718. The van der Waals surface area contributed by atoms with Gasteiger partial charge >= 0.3 is 0 Å². The summed E-state index contributed by atoms with van der Waals surface area (Å²) in [5.41, 5.74) is 1.25. The van der Waals surface area contributed by atoms with Gasteiger partial charge < -0.3 is 0 Å². The summed E-state index contributed by atoms with van der Waals surface area (Å²) in [4.78, 5) is 0. The Labute approximate surface area is 141 Å². The number of benzene rings is 1. The van der Waals surface area contributed by atoms with Gasteiger partial charge in [0, 0.05) is 9.34 Å². The zero-order valence-electron chi connectivity index (χ0n) is 11.7. The van der Waals surface area contributed by atoms with Crippen molar-refractivity contribution in [2.75, 3.05) is 6.66 Å². The van der Waals surface area contributed by atoms with Gasteiger partial charge in [0.1, 0.15) is 0 Å². The van der Waals surface area contributed by atoms with E-state index in [1.165, 1.54) is 5.56 Å². The van der Waals surface area contributed by atoms with Gasteiger partial charge in [-0.3, -0.25) is 0 Å². The first kappa shape index (κ1) is 20.9. The lowest BCUT2D eigenvalue weighted by Crippen LogP contribution is -1.97. The molecular formula is C14H22I2NP. The van der Waals surface area contributed by atoms with E-state index in [4.69, 9.17) is 5.26 Å². The fourth-order valence-corrected chi connectivity index (χ4v) is 1.13. The second-order valence-corrected chi connectivity index (χ2v) is 10.1. The smallest absolute Gasteiger partial charge is 0.0680 e. The van der Waals surface area contributed by atoms with E-state index >= 15 is 0 Å². The van der Waals surface area contributed by atoms with E-state index in [1.54, 1.807) is 0 Å². The second-order valence-electron chi connectivity index (χ2n) is 4.58. The molecule has 1 rings (SSSR count). The first-order chi connectivity index (χ1) is 8.28. The van der Waals surface area contributed by atoms with E-state index < -0.39 is 0 Å². The van der Waals surface area contributed by atoms with Gasteiger partial charge in [0.2, 0.25) is 0 Å². The van der Waals surface area contributed by atoms with Gasteiger partial charge in [-0.15, -0.1) is 0 Å². The number of nitriles is 1. The molecule has 0 bridgehead atoms. The van der Waals surface area contributed by atoms with Crippen molar-refractivity contribution < 1.29 is 0 Å². The van der Waals surface area contributed by atoms with Crippen molar-refractivity contribution in [2.45, 2.75) is 31.6 Å². The van der Waals surface area contributed by atoms with E-state index in [0.717, 1.165) is 6.22 Å². The highest BCUT2D eigenvalue weighted by atomic mass is 127. The summed E-state index contributed by atoms with van der Waals surface area (Å²) in [6, 6.07) is 12.6. The van der Waals surface area contributed by atoms with Gasteiger partial charge in [0.15, 0.2) is 0 Å². The van der Waals surface area contributed by atoms with E-state index in [1.807, 2.05) is 26.8 Å². The molecule has 0 aromatic heterocycles. The molecule has 0 amide bonds. The maximum atomic E-state index is 8.15. The molecule has 4 heteroatoms. The van der Waals surface area contributed by atoms with E-state index in [9.17, 15) is 0 Å². The van der Waals surface area contributed by atoms with Crippen LogP contribution in [0.15, 0.2) is 30.3 Å². The molecule has 0 heterocycles. The monoisotopic (exact) mass is 489 g/mol. The molecule has 1 aromatic rings. The van der Waals surface area contributed by atoms with Gasteiger partial charge in [-0.05, 0) is 39.9 Å². The average Bonchev–Trinajstić information content (AvgIpc) is 2.31. The molecule has 18 heavy (non-hydrogen) atoms. The van der Waals surface area contributed by atoms with Gasteiger partial charge in [0.05, 0.1) is 6.07 Å². The third-order valence-corrected chi connectivity index (χ3v) is 2.31. The van der Waals surface area contributed by atoms with Crippen molar-refractivity contribution in [3.8, 4) is 6.07 Å². The molecule has 0 N–H and O–H groups in total. The van der Waals surface area contributed by atoms with E-state index in [0.29, 0.717) is 3.92 Å². The van der Waals surface area contributed by atoms with Crippen LogP contribution in [0.3, 0.4) is 0 Å². The Morgan fingerprint density at radius 2 is 1.56 bits per heavy atom. The Bertz CT molecular complexity index is 326. The Morgan fingerprint density at radius 3 is 1.72 bits per heavy atom. The normalized spacial score (nSPS) is 11.7. The van der Waals surface area contributed by atoms with Crippen LogP contribution in [0, 0.1) is 16.7 Å². The number of hydrogen-bond donors (Lipinski definition) is 0. The zero-order valence-corrected chi connectivity index (χ0v) is 17.0. The summed E-state index contributed by atoms with van der Waals surface area (Å²) in [7, 11) is 0. The van der Waals surface area contributed by atoms with Crippen molar-refractivity contribution >= 4 is 50.9 Å². The Hall–Kier alpha value is 0.600. The molecule has 2 atom stereocenters. The molecule has 1 nitrogen and oxygen atoms in total. The highest BCUT2D eigenvalue weighted by Crippen LogP contribution is 2.20. The SMILES string of the molecule is CC(C)(C)C#N.CC(I)c1ccccc1.CPI. The van der Waals surface area contributed by atoms with Crippen molar-refractivity contribution in [3.05, 3.63) is 35.9 Å². The van der Waals surface area contributed by atoms with Gasteiger partial charge in [-0.2, -0.15) is 5.26 Å². The maximum absolute atomic E-state index is 8.15. The molecule has 0 spiro atoms. The quantitative estimate of drug-likeness (QED) is 0.255. The third kappa shape index (κ3) is 16.6. The summed E-state index contributed by atoms with van der Waals surface area (Å²) >= 11 is 4.72. The highest BCUT2D eigenvalue weighted by molar-refractivity contribution is 14.2. The summed E-state index contributed by atoms with van der Waals surface area (Å²) in [5, 5.41) is 8.15. The molecule has 0 aliphatic carbocycles. The summed E-state index contributed by atoms with van der Waals surface area (Å²) in [6.45, 7) is 9.98. The van der Waals surface area contributed by atoms with Crippen LogP contribution in [0.4, 0.5) is 0 Å². The molecular weight excluding hydrogens is 467 g/mol. The lowest BCUT2D eigenvalue weighted by Gasteiger charge is -2.01. The predicted molar refractivity (Wildman–Crippen MR) is 102 cm³/mol. The Morgan fingerprint density at radius 1 is 1.22 bits per heavy atom. The van der Waals surface area contributed by atoms with Gasteiger partial charge in [-0.25, -0.2) is 0 Å². The Kier molecular flexibility index (Phi) is 14.7. The molecule has 2 unspecified atom stereocenters. The standard InChI is InChI=1S/C8H9I.C5H9N.CH4IP/c1-7(9)8-5-3-2-4-6-8;1-5(2,3)4-6;1-3-2/h2-7H,1H3;1-3H3;3H,1H3. The molecule has 0 fully saturated rings. The highest BCUT2D eigenvalue weighted by Gasteiger charge is 2.04. The number of nitrogens with zero attached hydrogens (tertiary/aromatic N) is 1. The first-order valence-corrected chi connectivity index (χ1v) is 11.5. The predicted octanol–water partition coefficient (Wildman–Crippen LogP) is 6.38. The summed E-state index contributed by atoms with van der Waals surface area (Å²) in [5.74, 6) is 0. The van der Waals surface area contributed by atoms with Crippen molar-refractivity contribution in [3.63, 3.8) is 0 Å². The number of rotatable bonds is 1. The topological polar surface area (TPSA) is 23.8 Å². The average molecular weight is 489 g/mol. The lowest BCUT2D eigenvalue weighted by molar-refractivity contribution is 0.561. The minimum atomic E-state index is -0.153. The summed E-state index contributed by atoms with van der Waals surface area (Å²) < 4.78 is 0.629. The summed E-state index contributed by atoms with van der Waals surface area (Å²) in [6.07, 6.45) is 1.05. The second kappa shape index (κ2) is 12.6. The molecule has 102 valence electrons. The number of alkyl halides is 1. The van der Waals surface area contributed by atoms with Crippen LogP contribution < -0.4 is 0 Å². The molecule has 0 saturated heterocycles. The van der Waals surface area contributed by atoms with Crippen LogP contribution in [0.5, 0.6) is 0 Å².